The summed E-state index contributed by atoms with van der Waals surface area (Å²) in [5.74, 6) is 0. The maximum Gasteiger partial charge on any atom is 0.0467 e. The molecule has 0 heterocycles. The maximum absolute atomic E-state index is 2.35. The standard InChI is InChI=1S/C46H33N/c1-3-12-34(13-4-1)36-24-28-42(29-25-36)47(43-30-26-37(27-31-43)35-14-5-2-6-15-35)44-21-10-19-40(33-44)39-18-9-20-41(32-39)46-23-11-17-38-16-7-8-22-45(38)46/h1-33H. The van der Waals surface area contributed by atoms with Gasteiger partial charge in [0.1, 0.15) is 0 Å². The van der Waals surface area contributed by atoms with E-state index >= 15 is 0 Å². The molecule has 0 atom stereocenters. The normalized spacial score (nSPS) is 11.0. The zero-order valence-corrected chi connectivity index (χ0v) is 26.0. The molecule has 0 unspecified atom stereocenters. The predicted octanol–water partition coefficient (Wildman–Crippen LogP) is 13.0. The van der Waals surface area contributed by atoms with Crippen molar-refractivity contribution in [1.29, 1.82) is 0 Å². The first-order chi connectivity index (χ1) is 23.3. The smallest absolute Gasteiger partial charge is 0.0467 e. The molecule has 0 spiro atoms. The van der Waals surface area contributed by atoms with Crippen molar-refractivity contribution in [2.24, 2.45) is 0 Å². The molecule has 8 aromatic rings. The first kappa shape index (κ1) is 28.3. The summed E-state index contributed by atoms with van der Waals surface area (Å²) >= 11 is 0. The molecule has 8 rings (SSSR count). The number of benzene rings is 8. The van der Waals surface area contributed by atoms with E-state index in [-0.39, 0.29) is 0 Å². The lowest BCUT2D eigenvalue weighted by Gasteiger charge is -2.26. The summed E-state index contributed by atoms with van der Waals surface area (Å²) in [7, 11) is 0. The van der Waals surface area contributed by atoms with Gasteiger partial charge in [-0.15, -0.1) is 0 Å². The van der Waals surface area contributed by atoms with Crippen LogP contribution in [0.15, 0.2) is 200 Å². The van der Waals surface area contributed by atoms with Gasteiger partial charge in [-0.3, -0.25) is 0 Å². The van der Waals surface area contributed by atoms with Gasteiger partial charge >= 0.3 is 0 Å². The number of hydrogen-bond donors (Lipinski definition) is 0. The van der Waals surface area contributed by atoms with E-state index in [4.69, 9.17) is 0 Å². The molecule has 1 heteroatoms. The molecule has 0 N–H and O–H groups in total. The zero-order chi connectivity index (χ0) is 31.4. The third kappa shape index (κ3) is 5.83. The summed E-state index contributed by atoms with van der Waals surface area (Å²) in [5, 5.41) is 2.52. The van der Waals surface area contributed by atoms with Gasteiger partial charge in [0.15, 0.2) is 0 Å². The van der Waals surface area contributed by atoms with Crippen molar-refractivity contribution in [2.75, 3.05) is 4.90 Å². The number of nitrogens with zero attached hydrogens (tertiary/aromatic N) is 1. The summed E-state index contributed by atoms with van der Waals surface area (Å²) in [5.41, 5.74) is 13.0. The molecule has 0 fully saturated rings. The van der Waals surface area contributed by atoms with Crippen molar-refractivity contribution in [2.45, 2.75) is 0 Å². The fourth-order valence-corrected chi connectivity index (χ4v) is 6.48. The quantitative estimate of drug-likeness (QED) is 0.176. The monoisotopic (exact) mass is 599 g/mol. The minimum absolute atomic E-state index is 1.11. The largest absolute Gasteiger partial charge is 0.310 e. The van der Waals surface area contributed by atoms with Crippen LogP contribution in [0.4, 0.5) is 17.1 Å². The maximum atomic E-state index is 2.35. The van der Waals surface area contributed by atoms with E-state index in [1.54, 1.807) is 0 Å². The first-order valence-corrected chi connectivity index (χ1v) is 16.1. The van der Waals surface area contributed by atoms with Crippen molar-refractivity contribution in [3.8, 4) is 44.5 Å². The molecular formula is C46H33N. The number of hydrogen-bond acceptors (Lipinski definition) is 1. The van der Waals surface area contributed by atoms with Crippen LogP contribution < -0.4 is 4.90 Å². The molecule has 1 nitrogen and oxygen atoms in total. The molecule has 0 radical (unpaired) electrons. The van der Waals surface area contributed by atoms with Gasteiger partial charge in [-0.05, 0) is 97.7 Å². The minimum atomic E-state index is 1.11. The van der Waals surface area contributed by atoms with Crippen LogP contribution in [0.1, 0.15) is 0 Å². The fraction of sp³-hybridized carbons (Fsp3) is 0. The number of rotatable bonds is 7. The van der Waals surface area contributed by atoms with Gasteiger partial charge in [0.25, 0.3) is 0 Å². The summed E-state index contributed by atoms with van der Waals surface area (Å²) < 4.78 is 0. The molecule has 0 bridgehead atoms. The van der Waals surface area contributed by atoms with Crippen LogP contribution >= 0.6 is 0 Å². The lowest BCUT2D eigenvalue weighted by atomic mass is 9.95. The molecule has 0 saturated heterocycles. The zero-order valence-electron chi connectivity index (χ0n) is 26.0. The highest BCUT2D eigenvalue weighted by Crippen LogP contribution is 2.39. The number of fused-ring (bicyclic) bond motifs is 1. The average Bonchev–Trinajstić information content (AvgIpc) is 3.16. The molecule has 0 saturated carbocycles. The molecule has 0 aliphatic heterocycles. The average molecular weight is 600 g/mol. The van der Waals surface area contributed by atoms with Crippen molar-refractivity contribution in [3.63, 3.8) is 0 Å². The Morgan fingerprint density at radius 2 is 0.702 bits per heavy atom. The van der Waals surface area contributed by atoms with Crippen LogP contribution in [0.25, 0.3) is 55.3 Å². The van der Waals surface area contributed by atoms with Gasteiger partial charge in [-0.1, -0.05) is 158 Å². The van der Waals surface area contributed by atoms with Crippen molar-refractivity contribution >= 4 is 27.8 Å². The molecule has 8 aromatic carbocycles. The topological polar surface area (TPSA) is 3.24 Å². The van der Waals surface area contributed by atoms with Crippen LogP contribution in [-0.4, -0.2) is 0 Å². The SMILES string of the molecule is c1ccc(-c2ccc(N(c3ccc(-c4ccccc4)cc3)c3cccc(-c4cccc(-c5cccc6ccccc56)c4)c3)cc2)cc1. The summed E-state index contributed by atoms with van der Waals surface area (Å²) in [4.78, 5) is 2.35. The predicted molar refractivity (Wildman–Crippen MR) is 200 cm³/mol. The van der Waals surface area contributed by atoms with E-state index in [1.165, 1.54) is 55.3 Å². The highest BCUT2D eigenvalue weighted by atomic mass is 15.1. The minimum Gasteiger partial charge on any atom is -0.310 e. The summed E-state index contributed by atoms with van der Waals surface area (Å²) in [6, 6.07) is 71.8. The molecule has 222 valence electrons. The van der Waals surface area contributed by atoms with Gasteiger partial charge in [0.05, 0.1) is 0 Å². The van der Waals surface area contributed by atoms with Crippen LogP contribution in [-0.2, 0) is 0 Å². The molecule has 0 aliphatic carbocycles. The molecule has 0 amide bonds. The molecule has 0 aromatic heterocycles. The molecule has 47 heavy (non-hydrogen) atoms. The Morgan fingerprint density at radius 1 is 0.255 bits per heavy atom. The lowest BCUT2D eigenvalue weighted by Crippen LogP contribution is -2.10. The Kier molecular flexibility index (Phi) is 7.63. The molecular weight excluding hydrogens is 567 g/mol. The highest BCUT2D eigenvalue weighted by molar-refractivity contribution is 5.97. The Bertz CT molecular complexity index is 2180. The van der Waals surface area contributed by atoms with Crippen LogP contribution in [0, 0.1) is 0 Å². The van der Waals surface area contributed by atoms with Crippen molar-refractivity contribution in [1.82, 2.24) is 0 Å². The molecule has 0 aliphatic rings. The van der Waals surface area contributed by atoms with E-state index in [2.05, 4.69) is 205 Å². The summed E-state index contributed by atoms with van der Waals surface area (Å²) in [6.45, 7) is 0. The second kappa shape index (κ2) is 12.7. The fourth-order valence-electron chi connectivity index (χ4n) is 6.48. The van der Waals surface area contributed by atoms with Gasteiger partial charge in [0, 0.05) is 17.1 Å². The summed E-state index contributed by atoms with van der Waals surface area (Å²) in [6.07, 6.45) is 0. The Labute approximate surface area is 276 Å². The second-order valence-corrected chi connectivity index (χ2v) is 11.8. The van der Waals surface area contributed by atoms with E-state index in [0.29, 0.717) is 0 Å². The van der Waals surface area contributed by atoms with Crippen LogP contribution in [0.5, 0.6) is 0 Å². The highest BCUT2D eigenvalue weighted by Gasteiger charge is 2.15. The van der Waals surface area contributed by atoms with Gasteiger partial charge in [0.2, 0.25) is 0 Å². The second-order valence-electron chi connectivity index (χ2n) is 11.8. The van der Waals surface area contributed by atoms with Crippen molar-refractivity contribution < 1.29 is 0 Å². The Morgan fingerprint density at radius 3 is 1.34 bits per heavy atom. The third-order valence-corrected chi connectivity index (χ3v) is 8.87. The lowest BCUT2D eigenvalue weighted by molar-refractivity contribution is 1.28. The van der Waals surface area contributed by atoms with Gasteiger partial charge in [-0.25, -0.2) is 0 Å². The van der Waals surface area contributed by atoms with Gasteiger partial charge in [-0.2, -0.15) is 0 Å². The Balaban J connectivity index is 1.20. The van der Waals surface area contributed by atoms with Crippen LogP contribution in [0.3, 0.4) is 0 Å². The van der Waals surface area contributed by atoms with E-state index < -0.39 is 0 Å². The van der Waals surface area contributed by atoms with Gasteiger partial charge < -0.3 is 4.90 Å². The Hall–Kier alpha value is -6.18. The third-order valence-electron chi connectivity index (χ3n) is 8.87. The number of anilines is 3. The van der Waals surface area contributed by atoms with E-state index in [9.17, 15) is 0 Å². The van der Waals surface area contributed by atoms with Crippen molar-refractivity contribution in [3.05, 3.63) is 200 Å². The van der Waals surface area contributed by atoms with E-state index in [0.717, 1.165) is 17.1 Å². The van der Waals surface area contributed by atoms with E-state index in [1.807, 2.05) is 0 Å². The van der Waals surface area contributed by atoms with Crippen LogP contribution in [0.2, 0.25) is 0 Å². The first-order valence-electron chi connectivity index (χ1n) is 16.1.